The summed E-state index contributed by atoms with van der Waals surface area (Å²) in [6.45, 7) is 0. The molecule has 0 saturated heterocycles. The molecule has 0 heterocycles. The standard InChI is InChI=1S/C7H7F5S/c8-3-2(1-13)4(9)6(11)7(12)5(3)10/h3,5-7,13H,1H2. The van der Waals surface area contributed by atoms with Gasteiger partial charge in [-0.1, -0.05) is 0 Å². The molecule has 0 radical (unpaired) electrons. The summed E-state index contributed by atoms with van der Waals surface area (Å²) in [7, 11) is 0. The first-order chi connectivity index (χ1) is 6.00. The first-order valence-electron chi connectivity index (χ1n) is 3.56. The Labute approximate surface area is 77.2 Å². The monoisotopic (exact) mass is 218 g/mol. The summed E-state index contributed by atoms with van der Waals surface area (Å²) in [6.07, 6.45) is -10.5. The van der Waals surface area contributed by atoms with Crippen LogP contribution in [0.3, 0.4) is 0 Å². The van der Waals surface area contributed by atoms with Crippen molar-refractivity contribution in [2.24, 2.45) is 0 Å². The molecule has 76 valence electrons. The van der Waals surface area contributed by atoms with Crippen LogP contribution < -0.4 is 0 Å². The predicted octanol–water partition coefficient (Wildman–Crippen LogP) is 2.51. The minimum Gasteiger partial charge on any atom is -0.241 e. The molecule has 0 N–H and O–H groups in total. The summed E-state index contributed by atoms with van der Waals surface area (Å²) in [4.78, 5) is 0. The van der Waals surface area contributed by atoms with Gasteiger partial charge < -0.3 is 0 Å². The molecule has 1 aliphatic rings. The van der Waals surface area contributed by atoms with Crippen LogP contribution in [0, 0.1) is 0 Å². The van der Waals surface area contributed by atoms with Crippen LogP contribution in [-0.2, 0) is 0 Å². The van der Waals surface area contributed by atoms with Crippen LogP contribution in [0.5, 0.6) is 0 Å². The van der Waals surface area contributed by atoms with E-state index in [0.717, 1.165) is 0 Å². The lowest BCUT2D eigenvalue weighted by Crippen LogP contribution is -2.42. The van der Waals surface area contributed by atoms with E-state index in [2.05, 4.69) is 12.6 Å². The van der Waals surface area contributed by atoms with Crippen molar-refractivity contribution in [1.29, 1.82) is 0 Å². The zero-order valence-corrected chi connectivity index (χ0v) is 7.25. The zero-order chi connectivity index (χ0) is 10.2. The number of thiol groups is 1. The van der Waals surface area contributed by atoms with E-state index in [1.54, 1.807) is 0 Å². The molecule has 0 aromatic rings. The second kappa shape index (κ2) is 3.86. The fraction of sp³-hybridized carbons (Fsp3) is 0.714. The van der Waals surface area contributed by atoms with Gasteiger partial charge in [-0.2, -0.15) is 12.6 Å². The molecule has 1 aliphatic carbocycles. The molecule has 0 spiro atoms. The van der Waals surface area contributed by atoms with Crippen molar-refractivity contribution in [2.45, 2.75) is 24.7 Å². The van der Waals surface area contributed by atoms with E-state index in [1.165, 1.54) is 0 Å². The van der Waals surface area contributed by atoms with Gasteiger partial charge in [0.1, 0.15) is 5.83 Å². The lowest BCUT2D eigenvalue weighted by atomic mass is 9.93. The molecule has 0 fully saturated rings. The van der Waals surface area contributed by atoms with Gasteiger partial charge in [0, 0.05) is 11.3 Å². The second-order valence-electron chi connectivity index (χ2n) is 2.72. The minimum atomic E-state index is -2.77. The molecule has 0 aromatic heterocycles. The number of hydrogen-bond donors (Lipinski definition) is 1. The molecule has 0 bridgehead atoms. The van der Waals surface area contributed by atoms with E-state index in [4.69, 9.17) is 0 Å². The predicted molar refractivity (Wildman–Crippen MR) is 41.6 cm³/mol. The molecule has 13 heavy (non-hydrogen) atoms. The Bertz CT molecular complexity index is 229. The summed E-state index contributed by atoms with van der Waals surface area (Å²) >= 11 is 3.50. The van der Waals surface area contributed by atoms with E-state index >= 15 is 0 Å². The minimum absolute atomic E-state index is 0.458. The molecule has 0 aliphatic heterocycles. The van der Waals surface area contributed by atoms with Gasteiger partial charge in [-0.05, 0) is 0 Å². The number of allylic oxidation sites excluding steroid dienone is 1. The first kappa shape index (κ1) is 10.8. The number of rotatable bonds is 1. The van der Waals surface area contributed by atoms with E-state index in [-0.39, 0.29) is 0 Å². The number of halogens is 5. The number of hydrogen-bond acceptors (Lipinski definition) is 1. The first-order valence-corrected chi connectivity index (χ1v) is 4.19. The SMILES string of the molecule is FC1=C(CS)C(F)C(F)C(F)C1F. The van der Waals surface area contributed by atoms with Gasteiger partial charge in [0.15, 0.2) is 24.7 Å². The van der Waals surface area contributed by atoms with Crippen LogP contribution in [0.15, 0.2) is 11.4 Å². The van der Waals surface area contributed by atoms with Crippen LogP contribution in [-0.4, -0.2) is 30.4 Å². The summed E-state index contributed by atoms with van der Waals surface area (Å²) in [5, 5.41) is 0. The van der Waals surface area contributed by atoms with Crippen LogP contribution in [0.2, 0.25) is 0 Å². The van der Waals surface area contributed by atoms with Gasteiger partial charge in [0.05, 0.1) is 0 Å². The van der Waals surface area contributed by atoms with E-state index in [0.29, 0.717) is 0 Å². The van der Waals surface area contributed by atoms with Crippen molar-refractivity contribution in [3.05, 3.63) is 11.4 Å². The molecule has 4 unspecified atom stereocenters. The van der Waals surface area contributed by atoms with Crippen LogP contribution >= 0.6 is 12.6 Å². The fourth-order valence-electron chi connectivity index (χ4n) is 1.13. The molecule has 0 amide bonds. The highest BCUT2D eigenvalue weighted by Gasteiger charge is 2.46. The quantitative estimate of drug-likeness (QED) is 0.507. The largest absolute Gasteiger partial charge is 0.241 e. The third-order valence-corrected chi connectivity index (χ3v) is 2.26. The molecule has 0 nitrogen and oxygen atoms in total. The van der Waals surface area contributed by atoms with E-state index < -0.39 is 41.8 Å². The van der Waals surface area contributed by atoms with Crippen molar-refractivity contribution in [3.8, 4) is 0 Å². The second-order valence-corrected chi connectivity index (χ2v) is 3.04. The lowest BCUT2D eigenvalue weighted by Gasteiger charge is -2.27. The van der Waals surface area contributed by atoms with Crippen molar-refractivity contribution in [3.63, 3.8) is 0 Å². The fourth-order valence-corrected chi connectivity index (χ4v) is 1.45. The highest BCUT2D eigenvalue weighted by molar-refractivity contribution is 7.80. The highest BCUT2D eigenvalue weighted by Crippen LogP contribution is 2.35. The van der Waals surface area contributed by atoms with Crippen molar-refractivity contribution < 1.29 is 22.0 Å². The van der Waals surface area contributed by atoms with Crippen molar-refractivity contribution >= 4 is 12.6 Å². The summed E-state index contributed by atoms with van der Waals surface area (Å²) < 4.78 is 63.2. The van der Waals surface area contributed by atoms with Crippen molar-refractivity contribution in [2.75, 3.05) is 5.75 Å². The van der Waals surface area contributed by atoms with Gasteiger partial charge >= 0.3 is 0 Å². The maximum atomic E-state index is 12.8. The molecule has 6 heteroatoms. The Morgan fingerprint density at radius 1 is 1.00 bits per heavy atom. The lowest BCUT2D eigenvalue weighted by molar-refractivity contribution is 0.0315. The van der Waals surface area contributed by atoms with Gasteiger partial charge in [-0.25, -0.2) is 22.0 Å². The molecule has 0 saturated carbocycles. The molecule has 4 atom stereocenters. The third kappa shape index (κ3) is 1.68. The average molecular weight is 218 g/mol. The van der Waals surface area contributed by atoms with E-state index in [1.807, 2.05) is 0 Å². The smallest absolute Gasteiger partial charge is 0.185 e. The Morgan fingerprint density at radius 2 is 1.46 bits per heavy atom. The molecular weight excluding hydrogens is 211 g/mol. The summed E-state index contributed by atoms with van der Waals surface area (Å²) in [6, 6.07) is 0. The Balaban J connectivity index is 3.03. The zero-order valence-electron chi connectivity index (χ0n) is 6.35. The maximum Gasteiger partial charge on any atom is 0.185 e. The summed E-state index contributed by atoms with van der Waals surface area (Å²) in [5.41, 5.74) is -0.739. The Hall–Kier alpha value is -0.260. The average Bonchev–Trinajstić information content (AvgIpc) is 2.13. The topological polar surface area (TPSA) is 0 Å². The van der Waals surface area contributed by atoms with Crippen LogP contribution in [0.4, 0.5) is 22.0 Å². The third-order valence-electron chi connectivity index (χ3n) is 1.92. The van der Waals surface area contributed by atoms with Crippen LogP contribution in [0.25, 0.3) is 0 Å². The van der Waals surface area contributed by atoms with Gasteiger partial charge in [0.2, 0.25) is 0 Å². The maximum absolute atomic E-state index is 12.8. The van der Waals surface area contributed by atoms with Crippen molar-refractivity contribution in [1.82, 2.24) is 0 Å². The Morgan fingerprint density at radius 3 is 1.92 bits per heavy atom. The molecule has 0 aromatic carbocycles. The number of alkyl halides is 4. The highest BCUT2D eigenvalue weighted by atomic mass is 32.1. The van der Waals surface area contributed by atoms with Gasteiger partial charge in [-0.15, -0.1) is 0 Å². The summed E-state index contributed by atoms with van der Waals surface area (Å²) in [5.74, 6) is -2.02. The van der Waals surface area contributed by atoms with Gasteiger partial charge in [-0.3, -0.25) is 0 Å². The molecular formula is C7H7F5S. The Kier molecular flexibility index (Phi) is 3.21. The van der Waals surface area contributed by atoms with E-state index in [9.17, 15) is 22.0 Å². The van der Waals surface area contributed by atoms with Crippen LogP contribution in [0.1, 0.15) is 0 Å². The molecule has 1 rings (SSSR count). The normalized spacial score (nSPS) is 41.1. The van der Waals surface area contributed by atoms with Gasteiger partial charge in [0.25, 0.3) is 0 Å².